The molecule has 67 heavy (non-hydrogen) atoms. The third-order valence-electron chi connectivity index (χ3n) is 13.8. The van der Waals surface area contributed by atoms with Crippen molar-refractivity contribution < 1.29 is 57.9 Å². The molecule has 17 heteroatoms. The molecule has 2 aliphatic rings. The van der Waals surface area contributed by atoms with Gasteiger partial charge < -0.3 is 49.6 Å². The van der Waals surface area contributed by atoms with E-state index in [1.165, 1.54) is 33.3 Å². The van der Waals surface area contributed by atoms with Crippen molar-refractivity contribution in [3.63, 3.8) is 0 Å². The van der Waals surface area contributed by atoms with Crippen LogP contribution in [0.2, 0.25) is 0 Å². The summed E-state index contributed by atoms with van der Waals surface area (Å²) in [6, 6.07) is 5.48. The summed E-state index contributed by atoms with van der Waals surface area (Å²) in [5.41, 5.74) is -1.03. The Hall–Kier alpha value is -4.58. The number of aliphatic hydroxyl groups excluding tert-OH is 1. The molecule has 1 aromatic carbocycles. The van der Waals surface area contributed by atoms with Crippen molar-refractivity contribution in [1.29, 1.82) is 0 Å². The summed E-state index contributed by atoms with van der Waals surface area (Å²) in [4.78, 5) is 87.2. The Morgan fingerprint density at radius 2 is 1.52 bits per heavy atom. The maximum atomic E-state index is 14.6. The van der Waals surface area contributed by atoms with Gasteiger partial charge in [-0.2, -0.15) is 0 Å². The fourth-order valence-electron chi connectivity index (χ4n) is 9.57. The number of nitrogens with zero attached hydrogens (tertiary/aromatic N) is 3. The minimum Gasteiger partial charge on any atom is -0.467 e. The number of methoxy groups -OCH3 is 3. The molecule has 3 rings (SSSR count). The molecule has 0 unspecified atom stereocenters. The van der Waals surface area contributed by atoms with Crippen LogP contribution in [-0.2, 0) is 42.9 Å². The van der Waals surface area contributed by atoms with Crippen molar-refractivity contribution in [2.45, 2.75) is 167 Å². The number of nitrogens with one attached hydrogen (secondary N) is 2. The molecule has 0 radical (unpaired) electrons. The fourth-order valence-corrected chi connectivity index (χ4v) is 9.57. The van der Waals surface area contributed by atoms with E-state index in [0.717, 1.165) is 0 Å². The number of carbonyl (C=O) groups is 6. The third kappa shape index (κ3) is 14.7. The highest BCUT2D eigenvalue weighted by Gasteiger charge is 2.44. The van der Waals surface area contributed by atoms with Gasteiger partial charge in [-0.05, 0) is 74.8 Å². The summed E-state index contributed by atoms with van der Waals surface area (Å²) in [6.45, 7) is 15.1. The molecule has 12 atom stereocenters. The monoisotopic (exact) mass is 944 g/mol. The number of aliphatic hydroxyl groups is 2. The first-order valence-corrected chi connectivity index (χ1v) is 23.9. The van der Waals surface area contributed by atoms with Crippen LogP contribution in [0.25, 0.3) is 0 Å². The van der Waals surface area contributed by atoms with Gasteiger partial charge in [-0.15, -0.1) is 0 Å². The summed E-state index contributed by atoms with van der Waals surface area (Å²) in [5.74, 6) is -3.78. The molecule has 1 aromatic rings. The lowest BCUT2D eigenvalue weighted by molar-refractivity contribution is -0.164. The number of amides is 5. The molecule has 0 aromatic heterocycles. The number of esters is 1. The molecule has 1 aliphatic heterocycles. The second-order valence-electron chi connectivity index (χ2n) is 19.2. The van der Waals surface area contributed by atoms with Crippen LogP contribution in [0.3, 0.4) is 0 Å². The summed E-state index contributed by atoms with van der Waals surface area (Å²) in [5, 5.41) is 27.7. The maximum absolute atomic E-state index is 14.6. The number of hydrogen-bond acceptors (Lipinski definition) is 12. The van der Waals surface area contributed by atoms with Gasteiger partial charge in [0, 0.05) is 34.9 Å². The first-order valence-electron chi connectivity index (χ1n) is 23.9. The molecule has 1 aliphatic carbocycles. The van der Waals surface area contributed by atoms with Crippen molar-refractivity contribution in [3.8, 4) is 0 Å². The predicted octanol–water partition coefficient (Wildman–Crippen LogP) is 4.78. The number of carbonyl (C=O) groups excluding carboxylic acids is 6. The van der Waals surface area contributed by atoms with E-state index in [9.17, 15) is 39.0 Å². The molecular formula is C50H81N5O12. The standard InChI is InChI=1S/C50H81N5O12/c1-14-32(6)42(38(64-11)29-39(56)55-28-20-24-37(55)44(65-12)33(7)45(58)51-34(8)43(57)35-21-16-15-17-22-35)53(9)47(60)40(30(2)3)52-46(59)41(31(4)5)54(10)49(62)67-36-23-18-19-26-50(63,27-25-36)48(61)66-13/h15-18,21-23,30-34,36-38,40-44,57,63H,14,19-20,24-29H2,1-13H3,(H,51,58)(H,52,59)/b23-18+/t32-,33+,34+,36-,37-,38+,40-,41-,42-,43+,44+,50-/m0/s1. The summed E-state index contributed by atoms with van der Waals surface area (Å²) >= 11 is 0. The summed E-state index contributed by atoms with van der Waals surface area (Å²) < 4.78 is 22.6. The quantitative estimate of drug-likeness (QED) is 0.0914. The SMILES string of the molecule is CC[C@H](C)[C@@H]([C@@H](CC(=O)N1CCC[C@H]1[C@H](OC)[C@@H](C)C(=O)N[C@H](C)[C@@H](O)c1ccccc1)OC)N(C)C(=O)[C@@H](NC(=O)[C@H](C(C)C)N(C)C(=O)O[C@H]1/C=C/CC[C@@](O)(C(=O)OC)CC1)C(C)C. The molecule has 4 N–H and O–H groups in total. The van der Waals surface area contributed by atoms with Crippen LogP contribution in [0.5, 0.6) is 0 Å². The van der Waals surface area contributed by atoms with Gasteiger partial charge in [0.1, 0.15) is 18.2 Å². The highest BCUT2D eigenvalue weighted by Crippen LogP contribution is 2.31. The van der Waals surface area contributed by atoms with Crippen LogP contribution in [0, 0.1) is 23.7 Å². The molecule has 1 fully saturated rings. The van der Waals surface area contributed by atoms with Crippen LogP contribution in [0.4, 0.5) is 4.79 Å². The Morgan fingerprint density at radius 3 is 2.09 bits per heavy atom. The zero-order chi connectivity index (χ0) is 50.3. The number of likely N-dealkylation sites (N-methyl/N-ethyl adjacent to an activating group) is 2. The third-order valence-corrected chi connectivity index (χ3v) is 13.8. The zero-order valence-corrected chi connectivity index (χ0v) is 42.2. The molecule has 1 heterocycles. The lowest BCUT2D eigenvalue weighted by Crippen LogP contribution is -2.60. The normalized spacial score (nSPS) is 23.2. The first kappa shape index (κ1) is 56.7. The number of rotatable bonds is 22. The van der Waals surface area contributed by atoms with Gasteiger partial charge in [-0.1, -0.05) is 91.3 Å². The van der Waals surface area contributed by atoms with Gasteiger partial charge >= 0.3 is 12.1 Å². The highest BCUT2D eigenvalue weighted by molar-refractivity contribution is 5.92. The second-order valence-corrected chi connectivity index (χ2v) is 19.2. The van der Waals surface area contributed by atoms with Crippen molar-refractivity contribution in [3.05, 3.63) is 48.0 Å². The van der Waals surface area contributed by atoms with Gasteiger partial charge in [0.2, 0.25) is 23.6 Å². The lowest BCUT2D eigenvalue weighted by Gasteiger charge is -2.41. The average molecular weight is 944 g/mol. The minimum atomic E-state index is -1.71. The Kier molecular flexibility index (Phi) is 22.2. The summed E-state index contributed by atoms with van der Waals surface area (Å²) in [7, 11) is 7.35. The van der Waals surface area contributed by atoms with E-state index in [1.54, 1.807) is 68.8 Å². The maximum Gasteiger partial charge on any atom is 0.410 e. The number of allylic oxidation sites excluding steroid dienone is 1. The molecule has 5 amide bonds. The molecule has 1 saturated heterocycles. The second kappa shape index (κ2) is 26.3. The molecule has 0 saturated carbocycles. The van der Waals surface area contributed by atoms with Crippen molar-refractivity contribution >= 4 is 35.7 Å². The van der Waals surface area contributed by atoms with Gasteiger partial charge in [0.25, 0.3) is 0 Å². The largest absolute Gasteiger partial charge is 0.467 e. The molecule has 0 spiro atoms. The van der Waals surface area contributed by atoms with Crippen LogP contribution >= 0.6 is 0 Å². The summed E-state index contributed by atoms with van der Waals surface area (Å²) in [6.07, 6.45) is 2.18. The Bertz CT molecular complexity index is 1810. The first-order chi connectivity index (χ1) is 31.6. The van der Waals surface area contributed by atoms with Gasteiger partial charge in [0.15, 0.2) is 5.60 Å². The average Bonchev–Trinajstić information content (AvgIpc) is 3.79. The van der Waals surface area contributed by atoms with Gasteiger partial charge in [0.05, 0.1) is 55.9 Å². The number of benzene rings is 1. The van der Waals surface area contributed by atoms with Gasteiger partial charge in [-0.25, -0.2) is 9.59 Å². The molecular weight excluding hydrogens is 863 g/mol. The Balaban J connectivity index is 1.76. The van der Waals surface area contributed by atoms with Crippen LogP contribution in [-0.4, -0.2) is 157 Å². The zero-order valence-electron chi connectivity index (χ0n) is 42.2. The Morgan fingerprint density at radius 1 is 0.866 bits per heavy atom. The van der Waals surface area contributed by atoms with E-state index >= 15 is 0 Å². The number of likely N-dealkylation sites (tertiary alicyclic amines) is 1. The lowest BCUT2D eigenvalue weighted by atomic mass is 9.88. The van der Waals surface area contributed by atoms with E-state index in [2.05, 4.69) is 10.6 Å². The van der Waals surface area contributed by atoms with Crippen LogP contribution in [0.15, 0.2) is 42.5 Å². The fraction of sp³-hybridized carbons (Fsp3) is 0.720. The Labute approximate surface area is 398 Å². The van der Waals surface area contributed by atoms with Crippen LogP contribution < -0.4 is 10.6 Å². The smallest absolute Gasteiger partial charge is 0.410 e. The highest BCUT2D eigenvalue weighted by atomic mass is 16.6. The van der Waals surface area contributed by atoms with Crippen molar-refractivity contribution in [2.75, 3.05) is 42.0 Å². The van der Waals surface area contributed by atoms with Gasteiger partial charge in [-0.3, -0.25) is 24.1 Å². The van der Waals surface area contributed by atoms with E-state index in [-0.39, 0.29) is 49.3 Å². The van der Waals surface area contributed by atoms with E-state index in [4.69, 9.17) is 18.9 Å². The van der Waals surface area contributed by atoms with E-state index < -0.39 is 95.9 Å². The molecule has 378 valence electrons. The van der Waals surface area contributed by atoms with Crippen molar-refractivity contribution in [2.24, 2.45) is 23.7 Å². The van der Waals surface area contributed by atoms with E-state index in [0.29, 0.717) is 37.8 Å². The number of ether oxygens (including phenoxy) is 4. The predicted molar refractivity (Wildman–Crippen MR) is 253 cm³/mol. The minimum absolute atomic E-state index is 0.0102. The molecule has 17 nitrogen and oxygen atoms in total. The van der Waals surface area contributed by atoms with Crippen molar-refractivity contribution in [1.82, 2.24) is 25.3 Å². The van der Waals surface area contributed by atoms with E-state index in [1.807, 2.05) is 45.9 Å². The van der Waals surface area contributed by atoms with Crippen LogP contribution in [0.1, 0.15) is 118 Å². The molecule has 0 bridgehead atoms. The topological polar surface area (TPSA) is 214 Å². The number of hydrogen-bond donors (Lipinski definition) is 4.